The van der Waals surface area contributed by atoms with Crippen molar-refractivity contribution in [3.8, 4) is 0 Å². The van der Waals surface area contributed by atoms with Crippen LogP contribution in [0.25, 0.3) is 11.0 Å². The monoisotopic (exact) mass is 342 g/mol. The van der Waals surface area contributed by atoms with Crippen molar-refractivity contribution >= 4 is 16.9 Å². The van der Waals surface area contributed by atoms with E-state index in [9.17, 15) is 4.79 Å². The van der Waals surface area contributed by atoms with Crippen LogP contribution < -0.4 is 0 Å². The molecule has 0 aliphatic carbocycles. The second-order valence-corrected chi connectivity index (χ2v) is 6.02. The third kappa shape index (κ3) is 3.41. The molecule has 0 spiro atoms. The number of fused-ring (bicyclic) bond motifs is 1. The van der Waals surface area contributed by atoms with Crippen LogP contribution in [0.15, 0.2) is 28.9 Å². The largest absolute Gasteiger partial charge is 0.467 e. The average Bonchev–Trinajstić information content (AvgIpc) is 3.18. The first-order chi connectivity index (χ1) is 12.0. The van der Waals surface area contributed by atoms with Gasteiger partial charge in [0.05, 0.1) is 36.1 Å². The fourth-order valence-electron chi connectivity index (χ4n) is 2.95. The predicted molar refractivity (Wildman–Crippen MR) is 93.3 cm³/mol. The number of hydrogen-bond donors (Lipinski definition) is 0. The number of rotatable bonds is 6. The zero-order valence-electron chi connectivity index (χ0n) is 14.9. The number of hydrogen-bond acceptors (Lipinski definition) is 5. The molecule has 0 aliphatic rings. The summed E-state index contributed by atoms with van der Waals surface area (Å²) in [7, 11) is 3.46. The van der Waals surface area contributed by atoms with E-state index in [2.05, 4.69) is 10.1 Å². The molecule has 0 bridgehead atoms. The molecule has 3 aromatic rings. The second kappa shape index (κ2) is 7.06. The minimum absolute atomic E-state index is 0.0833. The first-order valence-corrected chi connectivity index (χ1v) is 8.12. The summed E-state index contributed by atoms with van der Waals surface area (Å²) in [6.45, 7) is 5.08. The maximum atomic E-state index is 13.3. The zero-order chi connectivity index (χ0) is 18.0. The number of ether oxygens (including phenoxy) is 1. The van der Waals surface area contributed by atoms with Crippen molar-refractivity contribution in [1.82, 2.24) is 19.7 Å². The Kier molecular flexibility index (Phi) is 4.85. The van der Waals surface area contributed by atoms with Gasteiger partial charge in [-0.05, 0) is 32.0 Å². The van der Waals surface area contributed by atoms with Gasteiger partial charge >= 0.3 is 0 Å². The van der Waals surface area contributed by atoms with E-state index in [1.807, 2.05) is 39.1 Å². The van der Waals surface area contributed by atoms with E-state index in [1.165, 1.54) is 0 Å². The van der Waals surface area contributed by atoms with Gasteiger partial charge in [0, 0.05) is 26.4 Å². The van der Waals surface area contributed by atoms with Crippen LogP contribution in [-0.4, -0.2) is 45.8 Å². The van der Waals surface area contributed by atoms with Crippen LogP contribution in [0.2, 0.25) is 0 Å². The highest BCUT2D eigenvalue weighted by molar-refractivity contribution is 6.06. The molecule has 0 saturated carbocycles. The summed E-state index contributed by atoms with van der Waals surface area (Å²) in [5.74, 6) is 0.648. The number of methoxy groups -OCH3 is 1. The van der Waals surface area contributed by atoms with E-state index < -0.39 is 0 Å². The number of nitrogens with zero attached hydrogens (tertiary/aromatic N) is 4. The molecule has 3 heterocycles. The summed E-state index contributed by atoms with van der Waals surface area (Å²) in [6.07, 6.45) is 1.61. The van der Waals surface area contributed by atoms with Gasteiger partial charge in [0.2, 0.25) is 0 Å². The Morgan fingerprint density at radius 1 is 1.40 bits per heavy atom. The van der Waals surface area contributed by atoms with Gasteiger partial charge < -0.3 is 14.1 Å². The van der Waals surface area contributed by atoms with E-state index in [4.69, 9.17) is 9.15 Å². The third-order valence-electron chi connectivity index (χ3n) is 4.11. The molecular formula is C18H22N4O3. The van der Waals surface area contributed by atoms with Crippen molar-refractivity contribution in [2.75, 3.05) is 20.3 Å². The summed E-state index contributed by atoms with van der Waals surface area (Å²) in [6, 6.07) is 5.49. The lowest BCUT2D eigenvalue weighted by Crippen LogP contribution is -2.33. The highest BCUT2D eigenvalue weighted by Gasteiger charge is 2.23. The average molecular weight is 342 g/mol. The van der Waals surface area contributed by atoms with Crippen LogP contribution in [0.3, 0.4) is 0 Å². The van der Waals surface area contributed by atoms with Gasteiger partial charge in [0.1, 0.15) is 5.76 Å². The summed E-state index contributed by atoms with van der Waals surface area (Å²) in [5.41, 5.74) is 2.89. The Morgan fingerprint density at radius 3 is 2.88 bits per heavy atom. The van der Waals surface area contributed by atoms with Crippen molar-refractivity contribution in [3.63, 3.8) is 0 Å². The minimum Gasteiger partial charge on any atom is -0.467 e. The fourth-order valence-corrected chi connectivity index (χ4v) is 2.95. The van der Waals surface area contributed by atoms with Crippen LogP contribution in [0, 0.1) is 13.8 Å². The van der Waals surface area contributed by atoms with Gasteiger partial charge in [0.25, 0.3) is 5.91 Å². The van der Waals surface area contributed by atoms with Gasteiger partial charge in [-0.2, -0.15) is 5.10 Å². The smallest absolute Gasteiger partial charge is 0.255 e. The number of carbonyl (C=O) groups is 1. The molecule has 0 radical (unpaired) electrons. The van der Waals surface area contributed by atoms with E-state index in [1.54, 1.807) is 23.0 Å². The van der Waals surface area contributed by atoms with Crippen molar-refractivity contribution in [2.45, 2.75) is 20.4 Å². The van der Waals surface area contributed by atoms with E-state index in [0.717, 1.165) is 22.5 Å². The molecule has 7 heteroatoms. The molecule has 1 amide bonds. The van der Waals surface area contributed by atoms with E-state index in [-0.39, 0.29) is 5.91 Å². The Hall–Kier alpha value is -2.67. The Labute approximate surface area is 146 Å². The summed E-state index contributed by atoms with van der Waals surface area (Å²) in [5, 5.41) is 5.20. The quantitative estimate of drug-likeness (QED) is 0.688. The van der Waals surface area contributed by atoms with Crippen LogP contribution in [0.5, 0.6) is 0 Å². The lowest BCUT2D eigenvalue weighted by atomic mass is 10.1. The topological polar surface area (TPSA) is 73.4 Å². The molecule has 0 aliphatic heterocycles. The van der Waals surface area contributed by atoms with Crippen molar-refractivity contribution in [1.29, 1.82) is 0 Å². The van der Waals surface area contributed by atoms with Gasteiger partial charge in [-0.25, -0.2) is 4.98 Å². The minimum atomic E-state index is -0.0833. The lowest BCUT2D eigenvalue weighted by molar-refractivity contribution is 0.0668. The normalized spacial score (nSPS) is 11.2. The van der Waals surface area contributed by atoms with Crippen LogP contribution in [-0.2, 0) is 18.3 Å². The van der Waals surface area contributed by atoms with E-state index >= 15 is 0 Å². The van der Waals surface area contributed by atoms with Crippen LogP contribution in [0.1, 0.15) is 27.5 Å². The highest BCUT2D eigenvalue weighted by Crippen LogP contribution is 2.23. The molecule has 0 saturated heterocycles. The SMILES string of the molecule is COCCN(Cc1ccco1)C(=O)c1cc(C)nc2c1c(C)nn2C. The lowest BCUT2D eigenvalue weighted by Gasteiger charge is -2.22. The van der Waals surface area contributed by atoms with Crippen molar-refractivity contribution in [2.24, 2.45) is 7.05 Å². The number of aryl methyl sites for hydroxylation is 3. The van der Waals surface area contributed by atoms with Gasteiger partial charge in [-0.3, -0.25) is 9.48 Å². The molecule has 0 unspecified atom stereocenters. The first kappa shape index (κ1) is 17.2. The first-order valence-electron chi connectivity index (χ1n) is 8.12. The van der Waals surface area contributed by atoms with Gasteiger partial charge in [-0.1, -0.05) is 0 Å². The number of pyridine rings is 1. The molecule has 0 aromatic carbocycles. The highest BCUT2D eigenvalue weighted by atomic mass is 16.5. The molecule has 0 N–H and O–H groups in total. The molecule has 3 rings (SSSR count). The van der Waals surface area contributed by atoms with Crippen molar-refractivity contribution < 1.29 is 13.9 Å². The molecule has 7 nitrogen and oxygen atoms in total. The summed E-state index contributed by atoms with van der Waals surface area (Å²) in [4.78, 5) is 19.5. The fraction of sp³-hybridized carbons (Fsp3) is 0.389. The predicted octanol–water partition coefficient (Wildman–Crippen LogP) is 2.47. The maximum absolute atomic E-state index is 13.3. The third-order valence-corrected chi connectivity index (χ3v) is 4.11. The van der Waals surface area contributed by atoms with Crippen molar-refractivity contribution in [3.05, 3.63) is 47.2 Å². The number of carbonyl (C=O) groups excluding carboxylic acids is 1. The molecular weight excluding hydrogens is 320 g/mol. The maximum Gasteiger partial charge on any atom is 0.255 e. The van der Waals surface area contributed by atoms with Crippen LogP contribution in [0.4, 0.5) is 0 Å². The standard InChI is InChI=1S/C18H22N4O3/c1-12-10-15(16-13(2)20-21(3)17(16)19-12)18(23)22(7-9-24-4)11-14-6-5-8-25-14/h5-6,8,10H,7,9,11H2,1-4H3. The second-order valence-electron chi connectivity index (χ2n) is 6.02. The van der Waals surface area contributed by atoms with Gasteiger partial charge in [-0.15, -0.1) is 0 Å². The summed E-state index contributed by atoms with van der Waals surface area (Å²) >= 11 is 0. The Balaban J connectivity index is 2.02. The number of aromatic nitrogens is 3. The molecule has 0 fully saturated rings. The Bertz CT molecular complexity index is 883. The van der Waals surface area contributed by atoms with E-state index in [0.29, 0.717) is 30.9 Å². The molecule has 0 atom stereocenters. The summed E-state index contributed by atoms with van der Waals surface area (Å²) < 4.78 is 12.3. The van der Waals surface area contributed by atoms with Crippen LogP contribution >= 0.6 is 0 Å². The number of amides is 1. The number of furan rings is 1. The zero-order valence-corrected chi connectivity index (χ0v) is 14.9. The molecule has 132 valence electrons. The van der Waals surface area contributed by atoms with Gasteiger partial charge in [0.15, 0.2) is 5.65 Å². The molecule has 3 aromatic heterocycles. The molecule has 25 heavy (non-hydrogen) atoms. The Morgan fingerprint density at radius 2 is 2.20 bits per heavy atom.